The highest BCUT2D eigenvalue weighted by Gasteiger charge is 2.35. The van der Waals surface area contributed by atoms with Gasteiger partial charge in [0, 0.05) is 23.0 Å². The Bertz CT molecular complexity index is 1200. The van der Waals surface area contributed by atoms with Crippen LogP contribution in [0.3, 0.4) is 0 Å². The highest BCUT2D eigenvalue weighted by atomic mass is 32.1. The molecule has 0 N–H and O–H groups in total. The molecule has 184 valence electrons. The van der Waals surface area contributed by atoms with E-state index in [1.54, 1.807) is 16.2 Å². The normalized spacial score (nSPS) is 15.7. The van der Waals surface area contributed by atoms with Crippen molar-refractivity contribution < 1.29 is 9.59 Å². The Hall–Kier alpha value is -2.92. The number of carbonyl (C=O) groups is 2. The van der Waals surface area contributed by atoms with Gasteiger partial charge in [0.25, 0.3) is 5.91 Å². The molecule has 4 rings (SSSR count). The van der Waals surface area contributed by atoms with Crippen LogP contribution in [0.15, 0.2) is 60.0 Å². The van der Waals surface area contributed by atoms with Gasteiger partial charge in [-0.3, -0.25) is 9.59 Å². The molecule has 4 nitrogen and oxygen atoms in total. The smallest absolute Gasteiger partial charge is 0.254 e. The number of rotatable bonds is 5. The monoisotopic (exact) mass is 488 g/mol. The minimum atomic E-state index is -0.117. The molecule has 0 spiro atoms. The van der Waals surface area contributed by atoms with Crippen LogP contribution in [-0.4, -0.2) is 40.7 Å². The maximum atomic E-state index is 13.8. The van der Waals surface area contributed by atoms with Crippen molar-refractivity contribution in [2.75, 3.05) is 13.1 Å². The number of carbonyl (C=O) groups excluding carboxylic acids is 2. The molecular formula is C30H36N2O2S. The Kier molecular flexibility index (Phi) is 7.18. The number of aryl methyl sites for hydroxylation is 1. The zero-order valence-corrected chi connectivity index (χ0v) is 22.5. The molecule has 2 amide bonds. The lowest BCUT2D eigenvalue weighted by Crippen LogP contribution is -2.48. The van der Waals surface area contributed by atoms with Gasteiger partial charge in [0.1, 0.15) is 6.54 Å². The van der Waals surface area contributed by atoms with Crippen molar-refractivity contribution in [2.24, 2.45) is 0 Å². The summed E-state index contributed by atoms with van der Waals surface area (Å²) in [7, 11) is 0. The van der Waals surface area contributed by atoms with Crippen LogP contribution in [-0.2, 0) is 16.6 Å². The molecule has 1 aliphatic rings. The molecule has 0 radical (unpaired) electrons. The number of thiophene rings is 1. The Morgan fingerprint density at radius 1 is 1.03 bits per heavy atom. The van der Waals surface area contributed by atoms with Gasteiger partial charge < -0.3 is 9.80 Å². The molecule has 1 unspecified atom stereocenters. The van der Waals surface area contributed by atoms with Crippen LogP contribution >= 0.6 is 11.3 Å². The molecule has 0 bridgehead atoms. The lowest BCUT2D eigenvalue weighted by Gasteiger charge is -2.38. The largest absolute Gasteiger partial charge is 0.330 e. The molecule has 0 saturated carbocycles. The second-order valence-corrected chi connectivity index (χ2v) is 11.8. The summed E-state index contributed by atoms with van der Waals surface area (Å²) in [6, 6.07) is 18.0. The van der Waals surface area contributed by atoms with E-state index in [0.717, 1.165) is 12.0 Å². The van der Waals surface area contributed by atoms with Crippen LogP contribution in [0.1, 0.15) is 78.1 Å². The van der Waals surface area contributed by atoms with E-state index in [0.29, 0.717) is 12.1 Å². The van der Waals surface area contributed by atoms with Crippen molar-refractivity contribution in [1.29, 1.82) is 0 Å². The summed E-state index contributed by atoms with van der Waals surface area (Å²) in [5.41, 5.74) is 5.36. The zero-order valence-electron chi connectivity index (χ0n) is 21.7. The Morgan fingerprint density at radius 2 is 1.71 bits per heavy atom. The van der Waals surface area contributed by atoms with E-state index >= 15 is 0 Å². The third-order valence-electron chi connectivity index (χ3n) is 6.96. The first-order chi connectivity index (χ1) is 16.6. The highest BCUT2D eigenvalue weighted by Crippen LogP contribution is 2.39. The van der Waals surface area contributed by atoms with E-state index in [4.69, 9.17) is 0 Å². The number of nitrogens with zero attached hydrogens (tertiary/aromatic N) is 2. The first kappa shape index (κ1) is 25.2. The maximum absolute atomic E-state index is 13.8. The number of fused-ring (bicyclic) bond motifs is 1. The standard InChI is InChI=1S/C30H36N2O2S/c1-20(2)32(29(34)22-11-13-23(14-12-22)30(4,5)6)19-27(33)31-17-15-26-25(16-18-35-26)28(31)24-10-8-7-9-21(24)3/h7-14,16,18,20,28H,15,17,19H2,1-6H3. The fourth-order valence-electron chi connectivity index (χ4n) is 4.82. The van der Waals surface area contributed by atoms with E-state index < -0.39 is 0 Å². The minimum absolute atomic E-state index is 0.0107. The van der Waals surface area contributed by atoms with Crippen molar-refractivity contribution in [3.05, 3.63) is 92.7 Å². The van der Waals surface area contributed by atoms with E-state index in [2.05, 4.69) is 51.3 Å². The summed E-state index contributed by atoms with van der Waals surface area (Å²) in [6.07, 6.45) is 0.852. The average molecular weight is 489 g/mol. The van der Waals surface area contributed by atoms with Gasteiger partial charge in [-0.2, -0.15) is 0 Å². The summed E-state index contributed by atoms with van der Waals surface area (Å²) < 4.78 is 0. The highest BCUT2D eigenvalue weighted by molar-refractivity contribution is 7.10. The minimum Gasteiger partial charge on any atom is -0.330 e. The number of benzene rings is 2. The van der Waals surface area contributed by atoms with Crippen LogP contribution in [0.2, 0.25) is 0 Å². The predicted octanol–water partition coefficient (Wildman–Crippen LogP) is 6.38. The van der Waals surface area contributed by atoms with Crippen molar-refractivity contribution in [3.8, 4) is 0 Å². The van der Waals surface area contributed by atoms with Crippen LogP contribution in [0, 0.1) is 6.92 Å². The quantitative estimate of drug-likeness (QED) is 0.418. The van der Waals surface area contributed by atoms with Crippen LogP contribution < -0.4 is 0 Å². The summed E-state index contributed by atoms with van der Waals surface area (Å²) in [5.74, 6) is -0.113. The van der Waals surface area contributed by atoms with Crippen LogP contribution in [0.4, 0.5) is 0 Å². The van der Waals surface area contributed by atoms with Gasteiger partial charge in [-0.15, -0.1) is 11.3 Å². The molecular weight excluding hydrogens is 452 g/mol. The topological polar surface area (TPSA) is 40.6 Å². The Labute approximate surface area is 213 Å². The summed E-state index contributed by atoms with van der Waals surface area (Å²) >= 11 is 1.76. The molecule has 3 aromatic rings. The number of hydrogen-bond donors (Lipinski definition) is 0. The van der Waals surface area contributed by atoms with Gasteiger partial charge in [0.15, 0.2) is 0 Å². The lowest BCUT2D eigenvalue weighted by molar-refractivity contribution is -0.134. The molecule has 0 fully saturated rings. The SMILES string of the molecule is Cc1ccccc1C1c2ccsc2CCN1C(=O)CN(C(=O)c1ccc(C(C)(C)C)cc1)C(C)C. The molecule has 1 aliphatic heterocycles. The molecule has 5 heteroatoms. The van der Waals surface area contributed by atoms with Crippen molar-refractivity contribution >= 4 is 23.2 Å². The molecule has 2 heterocycles. The van der Waals surface area contributed by atoms with Gasteiger partial charge in [-0.25, -0.2) is 0 Å². The van der Waals surface area contributed by atoms with Gasteiger partial charge in [-0.1, -0.05) is 57.2 Å². The third kappa shape index (κ3) is 5.20. The van der Waals surface area contributed by atoms with Crippen molar-refractivity contribution in [3.63, 3.8) is 0 Å². The second-order valence-electron chi connectivity index (χ2n) is 10.7. The van der Waals surface area contributed by atoms with Crippen LogP contribution in [0.25, 0.3) is 0 Å². The van der Waals surface area contributed by atoms with Gasteiger partial charge in [-0.05, 0) is 78.4 Å². The fraction of sp³-hybridized carbons (Fsp3) is 0.400. The molecule has 0 saturated heterocycles. The summed E-state index contributed by atoms with van der Waals surface area (Å²) in [6.45, 7) is 13.2. The molecule has 0 aliphatic carbocycles. The Morgan fingerprint density at radius 3 is 2.34 bits per heavy atom. The second kappa shape index (κ2) is 9.98. The van der Waals surface area contributed by atoms with Crippen molar-refractivity contribution in [1.82, 2.24) is 9.80 Å². The average Bonchev–Trinajstić information content (AvgIpc) is 3.30. The first-order valence-electron chi connectivity index (χ1n) is 12.4. The molecule has 1 aromatic heterocycles. The lowest BCUT2D eigenvalue weighted by atomic mass is 9.86. The van der Waals surface area contributed by atoms with E-state index in [1.807, 2.05) is 55.1 Å². The summed E-state index contributed by atoms with van der Waals surface area (Å²) in [4.78, 5) is 32.3. The van der Waals surface area contributed by atoms with Gasteiger partial charge in [0.2, 0.25) is 5.91 Å². The summed E-state index contributed by atoms with van der Waals surface area (Å²) in [5, 5.41) is 2.12. The van der Waals surface area contributed by atoms with Crippen LogP contribution in [0.5, 0.6) is 0 Å². The molecule has 2 aromatic carbocycles. The molecule has 1 atom stereocenters. The number of hydrogen-bond acceptors (Lipinski definition) is 3. The molecule has 35 heavy (non-hydrogen) atoms. The third-order valence-corrected chi connectivity index (χ3v) is 7.95. The van der Waals surface area contributed by atoms with E-state index in [-0.39, 0.29) is 35.9 Å². The Balaban J connectivity index is 1.61. The zero-order chi connectivity index (χ0) is 25.3. The number of amides is 2. The van der Waals surface area contributed by atoms with E-state index in [9.17, 15) is 9.59 Å². The fourth-order valence-corrected chi connectivity index (χ4v) is 5.72. The first-order valence-corrected chi connectivity index (χ1v) is 13.3. The van der Waals surface area contributed by atoms with E-state index in [1.165, 1.54) is 21.6 Å². The maximum Gasteiger partial charge on any atom is 0.254 e. The predicted molar refractivity (Wildman–Crippen MR) is 144 cm³/mol. The van der Waals surface area contributed by atoms with Gasteiger partial charge >= 0.3 is 0 Å². The van der Waals surface area contributed by atoms with Crippen molar-refractivity contribution in [2.45, 2.75) is 65.5 Å². The van der Waals surface area contributed by atoms with Gasteiger partial charge in [0.05, 0.1) is 6.04 Å².